The number of rotatable bonds is 5. The molecule has 0 saturated carbocycles. The molecule has 0 radical (unpaired) electrons. The molecule has 24 heavy (non-hydrogen) atoms. The van der Waals surface area contributed by atoms with E-state index in [-0.39, 0.29) is 10.9 Å². The molecular weight excluding hydrogens is 324 g/mol. The second-order valence-corrected chi connectivity index (χ2v) is 7.88. The molecule has 2 N–H and O–H groups in total. The summed E-state index contributed by atoms with van der Waals surface area (Å²) in [6.07, 6.45) is 2.42. The number of carbonyl (C=O) groups excluding carboxylic acids is 1. The molecule has 1 heterocycles. The maximum Gasteiger partial charge on any atom is 0.248 e. The van der Waals surface area contributed by atoms with Crippen molar-refractivity contribution in [1.29, 1.82) is 0 Å². The summed E-state index contributed by atoms with van der Waals surface area (Å²) < 4.78 is 27.4. The van der Waals surface area contributed by atoms with Gasteiger partial charge in [0.2, 0.25) is 15.9 Å². The van der Waals surface area contributed by atoms with Crippen molar-refractivity contribution in [3.63, 3.8) is 0 Å². The van der Waals surface area contributed by atoms with Gasteiger partial charge in [-0.2, -0.15) is 4.31 Å². The van der Waals surface area contributed by atoms with Crippen molar-refractivity contribution in [3.8, 4) is 0 Å². The second-order valence-electron chi connectivity index (χ2n) is 5.99. The quantitative estimate of drug-likeness (QED) is 0.903. The van der Waals surface area contributed by atoms with Crippen molar-refractivity contribution in [2.75, 3.05) is 6.54 Å². The lowest BCUT2D eigenvalue weighted by molar-refractivity contribution is 0.1000. The van der Waals surface area contributed by atoms with Gasteiger partial charge in [-0.15, -0.1) is 0 Å². The van der Waals surface area contributed by atoms with Gasteiger partial charge in [0.15, 0.2) is 0 Å². The molecule has 6 heteroatoms. The first-order valence-corrected chi connectivity index (χ1v) is 9.38. The molecule has 126 valence electrons. The number of hydrogen-bond donors (Lipinski definition) is 1. The van der Waals surface area contributed by atoms with E-state index in [0.29, 0.717) is 18.5 Å². The average molecular weight is 344 g/mol. The fraction of sp³-hybridized carbons (Fsp3) is 0.278. The van der Waals surface area contributed by atoms with Crippen LogP contribution >= 0.6 is 0 Å². The predicted molar refractivity (Wildman–Crippen MR) is 92.0 cm³/mol. The van der Waals surface area contributed by atoms with E-state index in [2.05, 4.69) is 0 Å². The first kappa shape index (κ1) is 16.7. The standard InChI is InChI=1S/C18H20N2O3S/c19-18(21)15-8-10-17(11-9-15)24(22,23)20-12-4-7-16(20)13-14-5-2-1-3-6-14/h1-3,5-6,8-11,16H,4,7,12-13H2,(H2,19,21)/t16-/m1/s1. The smallest absolute Gasteiger partial charge is 0.248 e. The number of hydrogen-bond acceptors (Lipinski definition) is 3. The zero-order valence-electron chi connectivity index (χ0n) is 13.3. The van der Waals surface area contributed by atoms with Crippen LogP contribution in [0, 0.1) is 0 Å². The van der Waals surface area contributed by atoms with E-state index in [1.165, 1.54) is 24.3 Å². The van der Waals surface area contributed by atoms with Gasteiger partial charge in [0.1, 0.15) is 0 Å². The first-order valence-electron chi connectivity index (χ1n) is 7.94. The molecule has 0 aliphatic carbocycles. The van der Waals surface area contributed by atoms with Crippen molar-refractivity contribution in [2.45, 2.75) is 30.2 Å². The molecule has 1 atom stereocenters. The summed E-state index contributed by atoms with van der Waals surface area (Å²) in [7, 11) is -3.57. The third-order valence-corrected chi connectivity index (χ3v) is 6.35. The van der Waals surface area contributed by atoms with Crippen LogP contribution in [0.15, 0.2) is 59.5 Å². The lowest BCUT2D eigenvalue weighted by Gasteiger charge is -2.24. The Kier molecular flexibility index (Phi) is 4.69. The lowest BCUT2D eigenvalue weighted by Crippen LogP contribution is -2.36. The summed E-state index contributed by atoms with van der Waals surface area (Å²) in [5.74, 6) is -0.568. The van der Waals surface area contributed by atoms with Crippen molar-refractivity contribution >= 4 is 15.9 Å². The van der Waals surface area contributed by atoms with E-state index >= 15 is 0 Å². The number of nitrogens with two attached hydrogens (primary N) is 1. The summed E-state index contributed by atoms with van der Waals surface area (Å²) in [6.45, 7) is 0.525. The highest BCUT2D eigenvalue weighted by Crippen LogP contribution is 2.28. The molecule has 1 aliphatic heterocycles. The third kappa shape index (κ3) is 3.34. The van der Waals surface area contributed by atoms with E-state index in [1.54, 1.807) is 4.31 Å². The topological polar surface area (TPSA) is 80.5 Å². The van der Waals surface area contributed by atoms with E-state index in [4.69, 9.17) is 5.73 Å². The highest BCUT2D eigenvalue weighted by molar-refractivity contribution is 7.89. The largest absolute Gasteiger partial charge is 0.366 e. The monoisotopic (exact) mass is 344 g/mol. The second kappa shape index (κ2) is 6.75. The normalized spacial score (nSPS) is 18.6. The third-order valence-electron chi connectivity index (χ3n) is 4.38. The highest BCUT2D eigenvalue weighted by Gasteiger charge is 2.35. The Morgan fingerprint density at radius 3 is 2.38 bits per heavy atom. The van der Waals surface area contributed by atoms with Crippen molar-refractivity contribution in [3.05, 3.63) is 65.7 Å². The van der Waals surface area contributed by atoms with E-state index in [9.17, 15) is 13.2 Å². The molecule has 1 aliphatic rings. The lowest BCUT2D eigenvalue weighted by atomic mass is 10.1. The average Bonchev–Trinajstić information content (AvgIpc) is 3.05. The minimum Gasteiger partial charge on any atom is -0.366 e. The Bertz CT molecular complexity index is 817. The molecular formula is C18H20N2O3S. The predicted octanol–water partition coefficient (Wildman–Crippen LogP) is 2.18. The Labute approximate surface area is 142 Å². The number of amides is 1. The van der Waals surface area contributed by atoms with Crippen LogP contribution in [0.4, 0.5) is 0 Å². The van der Waals surface area contributed by atoms with Crippen LogP contribution < -0.4 is 5.73 Å². The van der Waals surface area contributed by atoms with Gasteiger partial charge in [0, 0.05) is 18.2 Å². The van der Waals surface area contributed by atoms with Crippen molar-refractivity contribution in [2.24, 2.45) is 5.73 Å². The Morgan fingerprint density at radius 2 is 1.75 bits per heavy atom. The fourth-order valence-corrected chi connectivity index (χ4v) is 4.84. The zero-order valence-corrected chi connectivity index (χ0v) is 14.1. The maximum atomic E-state index is 12.9. The van der Waals surface area contributed by atoms with Crippen LogP contribution in [0.2, 0.25) is 0 Å². The first-order chi connectivity index (χ1) is 11.5. The highest BCUT2D eigenvalue weighted by atomic mass is 32.2. The molecule has 1 fully saturated rings. The minimum absolute atomic E-state index is 0.0341. The summed E-state index contributed by atoms with van der Waals surface area (Å²) in [6, 6.07) is 15.7. The van der Waals surface area contributed by atoms with Crippen LogP contribution in [-0.2, 0) is 16.4 Å². The summed E-state index contributed by atoms with van der Waals surface area (Å²) in [4.78, 5) is 11.3. The van der Waals surface area contributed by atoms with Crippen molar-refractivity contribution < 1.29 is 13.2 Å². The number of benzene rings is 2. The molecule has 0 spiro atoms. The summed E-state index contributed by atoms with van der Waals surface area (Å²) in [5.41, 5.74) is 6.64. The molecule has 0 aromatic heterocycles. The number of sulfonamides is 1. The van der Waals surface area contributed by atoms with Crippen molar-refractivity contribution in [1.82, 2.24) is 4.31 Å². The van der Waals surface area contributed by atoms with Crippen LogP contribution in [0.5, 0.6) is 0 Å². The van der Waals surface area contributed by atoms with Crippen LogP contribution in [0.3, 0.4) is 0 Å². The SMILES string of the molecule is NC(=O)c1ccc(S(=O)(=O)N2CCC[C@@H]2Cc2ccccc2)cc1. The van der Waals surface area contributed by atoms with E-state index in [0.717, 1.165) is 18.4 Å². The number of primary amides is 1. The minimum atomic E-state index is -3.57. The van der Waals surface area contributed by atoms with Gasteiger partial charge in [-0.05, 0) is 49.1 Å². The van der Waals surface area contributed by atoms with Gasteiger partial charge in [-0.25, -0.2) is 8.42 Å². The van der Waals surface area contributed by atoms with E-state index in [1.807, 2.05) is 30.3 Å². The van der Waals surface area contributed by atoms with Gasteiger partial charge >= 0.3 is 0 Å². The number of carbonyl (C=O) groups is 1. The van der Waals surface area contributed by atoms with Gasteiger partial charge in [-0.1, -0.05) is 30.3 Å². The Balaban J connectivity index is 1.83. The fourth-order valence-electron chi connectivity index (χ4n) is 3.14. The molecule has 0 bridgehead atoms. The van der Waals surface area contributed by atoms with Crippen LogP contribution in [0.1, 0.15) is 28.8 Å². The molecule has 1 saturated heterocycles. The zero-order chi connectivity index (χ0) is 17.2. The Hall–Kier alpha value is -2.18. The maximum absolute atomic E-state index is 12.9. The van der Waals surface area contributed by atoms with Crippen LogP contribution in [-0.4, -0.2) is 31.2 Å². The molecule has 2 aromatic rings. The number of nitrogens with zero attached hydrogens (tertiary/aromatic N) is 1. The molecule has 5 nitrogen and oxygen atoms in total. The Morgan fingerprint density at radius 1 is 1.08 bits per heavy atom. The van der Waals surface area contributed by atoms with Gasteiger partial charge in [-0.3, -0.25) is 4.79 Å². The molecule has 2 aromatic carbocycles. The molecule has 0 unspecified atom stereocenters. The summed E-state index contributed by atoms with van der Waals surface area (Å²) in [5, 5.41) is 0. The van der Waals surface area contributed by atoms with Gasteiger partial charge in [0.25, 0.3) is 0 Å². The van der Waals surface area contributed by atoms with Crippen LogP contribution in [0.25, 0.3) is 0 Å². The summed E-state index contributed by atoms with van der Waals surface area (Å²) >= 11 is 0. The van der Waals surface area contributed by atoms with E-state index < -0.39 is 15.9 Å². The molecule has 3 rings (SSSR count). The molecule has 1 amide bonds. The van der Waals surface area contributed by atoms with Gasteiger partial charge in [0.05, 0.1) is 4.90 Å². The van der Waals surface area contributed by atoms with Gasteiger partial charge < -0.3 is 5.73 Å².